The Morgan fingerprint density at radius 1 is 1.22 bits per heavy atom. The summed E-state index contributed by atoms with van der Waals surface area (Å²) in [5, 5.41) is 4.54. The van der Waals surface area contributed by atoms with Gasteiger partial charge in [-0.2, -0.15) is 5.10 Å². The number of methoxy groups -OCH3 is 1. The first-order valence-corrected chi connectivity index (χ1v) is 9.88. The molecule has 5 nitrogen and oxygen atoms in total. The highest BCUT2D eigenvalue weighted by atomic mass is 16.5. The van der Waals surface area contributed by atoms with Crippen LogP contribution in [0.5, 0.6) is 0 Å². The molecule has 0 spiro atoms. The number of esters is 1. The fourth-order valence-electron chi connectivity index (χ4n) is 4.16. The van der Waals surface area contributed by atoms with E-state index in [2.05, 4.69) is 48.1 Å². The van der Waals surface area contributed by atoms with Gasteiger partial charge in [-0.05, 0) is 62.8 Å². The molecule has 2 heterocycles. The predicted molar refractivity (Wildman–Crippen MR) is 107 cm³/mol. The van der Waals surface area contributed by atoms with Crippen LogP contribution < -0.4 is 0 Å². The number of carbonyl (C=O) groups is 1. The number of carbonyl (C=O) groups excluding carboxylic acids is 1. The number of nitrogens with zero attached hydrogens (tertiary/aromatic N) is 3. The van der Waals surface area contributed by atoms with Gasteiger partial charge in [-0.25, -0.2) is 0 Å². The lowest BCUT2D eigenvalue weighted by Crippen LogP contribution is -2.26. The summed E-state index contributed by atoms with van der Waals surface area (Å²) in [4.78, 5) is 13.9. The van der Waals surface area contributed by atoms with E-state index in [0.29, 0.717) is 12.5 Å². The first kappa shape index (κ1) is 19.6. The van der Waals surface area contributed by atoms with E-state index in [1.807, 2.05) is 11.7 Å². The molecule has 0 bridgehead atoms. The van der Waals surface area contributed by atoms with Crippen LogP contribution in [0.15, 0.2) is 24.3 Å². The lowest BCUT2D eigenvalue weighted by molar-refractivity contribution is -0.140. The maximum absolute atomic E-state index is 11.3. The van der Waals surface area contributed by atoms with Crippen molar-refractivity contribution < 1.29 is 9.53 Å². The molecule has 1 fully saturated rings. The Kier molecular flexibility index (Phi) is 6.32. The molecule has 2 aromatic rings. The standard InChI is InChI=1S/C22H31N3O2/c1-16-20(17(2)24(3)23-16)13-15-25-14-5-6-21(25)19-10-7-18(8-11-19)9-12-22(26)27-4/h7-8,10-11,21H,5-6,9,12-15H2,1-4H3/t21-/m0/s1. The van der Waals surface area contributed by atoms with Crippen molar-refractivity contribution in [2.45, 2.75) is 52.0 Å². The van der Waals surface area contributed by atoms with Crippen molar-refractivity contribution in [3.63, 3.8) is 0 Å². The molecule has 1 saturated heterocycles. The molecular weight excluding hydrogens is 338 g/mol. The quantitative estimate of drug-likeness (QED) is 0.701. The smallest absolute Gasteiger partial charge is 0.305 e. The number of rotatable bonds is 7. The van der Waals surface area contributed by atoms with Crippen molar-refractivity contribution in [1.82, 2.24) is 14.7 Å². The van der Waals surface area contributed by atoms with Crippen LogP contribution in [0.1, 0.15) is 53.4 Å². The van der Waals surface area contributed by atoms with E-state index >= 15 is 0 Å². The Labute approximate surface area is 162 Å². The maximum Gasteiger partial charge on any atom is 0.305 e. The van der Waals surface area contributed by atoms with E-state index in [4.69, 9.17) is 4.74 Å². The normalized spacial score (nSPS) is 17.4. The van der Waals surface area contributed by atoms with Crippen molar-refractivity contribution in [2.24, 2.45) is 7.05 Å². The number of hydrogen-bond acceptors (Lipinski definition) is 4. The summed E-state index contributed by atoms with van der Waals surface area (Å²) in [5.41, 5.74) is 6.39. The Hall–Kier alpha value is -2.14. The topological polar surface area (TPSA) is 47.4 Å². The minimum absolute atomic E-state index is 0.151. The lowest BCUT2D eigenvalue weighted by Gasteiger charge is -2.25. The van der Waals surface area contributed by atoms with E-state index in [9.17, 15) is 4.79 Å². The summed E-state index contributed by atoms with van der Waals surface area (Å²) in [6.45, 7) is 6.50. The second kappa shape index (κ2) is 8.70. The summed E-state index contributed by atoms with van der Waals surface area (Å²) in [5.74, 6) is -0.151. The second-order valence-corrected chi connectivity index (χ2v) is 7.53. The van der Waals surface area contributed by atoms with Gasteiger partial charge in [-0.15, -0.1) is 0 Å². The zero-order chi connectivity index (χ0) is 19.4. The minimum Gasteiger partial charge on any atom is -0.469 e. The largest absolute Gasteiger partial charge is 0.469 e. The average molecular weight is 370 g/mol. The van der Waals surface area contributed by atoms with Crippen LogP contribution in [0.25, 0.3) is 0 Å². The summed E-state index contributed by atoms with van der Waals surface area (Å²) in [6, 6.07) is 9.28. The van der Waals surface area contributed by atoms with Crippen molar-refractivity contribution in [3.05, 3.63) is 52.3 Å². The summed E-state index contributed by atoms with van der Waals surface area (Å²) in [6.07, 6.45) is 4.70. The molecule has 0 amide bonds. The SMILES string of the molecule is COC(=O)CCc1ccc([C@@H]2CCCN2CCc2c(C)nn(C)c2C)cc1. The molecule has 1 aliphatic heterocycles. The van der Waals surface area contributed by atoms with Crippen LogP contribution in [-0.2, 0) is 29.4 Å². The van der Waals surface area contributed by atoms with Gasteiger partial charge >= 0.3 is 5.97 Å². The fraction of sp³-hybridized carbons (Fsp3) is 0.545. The van der Waals surface area contributed by atoms with E-state index in [0.717, 1.165) is 31.6 Å². The first-order valence-electron chi connectivity index (χ1n) is 9.88. The molecular formula is C22H31N3O2. The molecule has 27 heavy (non-hydrogen) atoms. The zero-order valence-corrected chi connectivity index (χ0v) is 17.0. The van der Waals surface area contributed by atoms with Gasteiger partial charge in [0.15, 0.2) is 0 Å². The summed E-state index contributed by atoms with van der Waals surface area (Å²) in [7, 11) is 3.46. The van der Waals surface area contributed by atoms with Crippen molar-refractivity contribution >= 4 is 5.97 Å². The van der Waals surface area contributed by atoms with Crippen molar-refractivity contribution in [3.8, 4) is 0 Å². The van der Waals surface area contributed by atoms with E-state index < -0.39 is 0 Å². The van der Waals surface area contributed by atoms with Gasteiger partial charge in [0.05, 0.1) is 12.8 Å². The first-order chi connectivity index (χ1) is 13.0. The lowest BCUT2D eigenvalue weighted by atomic mass is 10.0. The molecule has 3 rings (SSSR count). The third kappa shape index (κ3) is 4.59. The zero-order valence-electron chi connectivity index (χ0n) is 17.0. The molecule has 1 aliphatic rings. The Morgan fingerprint density at radius 2 is 1.96 bits per heavy atom. The van der Waals surface area contributed by atoms with Crippen molar-refractivity contribution in [2.75, 3.05) is 20.2 Å². The van der Waals surface area contributed by atoms with Gasteiger partial charge in [0.25, 0.3) is 0 Å². The number of likely N-dealkylation sites (tertiary alicyclic amines) is 1. The fourth-order valence-corrected chi connectivity index (χ4v) is 4.16. The molecule has 0 unspecified atom stereocenters. The summed E-state index contributed by atoms with van der Waals surface area (Å²) < 4.78 is 6.71. The number of aryl methyl sites for hydroxylation is 3. The van der Waals surface area contributed by atoms with Gasteiger partial charge in [0, 0.05) is 31.7 Å². The number of benzene rings is 1. The van der Waals surface area contributed by atoms with Gasteiger partial charge < -0.3 is 4.74 Å². The molecule has 0 aliphatic carbocycles. The van der Waals surface area contributed by atoms with Crippen LogP contribution in [0.4, 0.5) is 0 Å². The Morgan fingerprint density at radius 3 is 2.59 bits per heavy atom. The van der Waals surface area contributed by atoms with E-state index in [1.165, 1.54) is 42.3 Å². The highest BCUT2D eigenvalue weighted by Gasteiger charge is 2.26. The maximum atomic E-state index is 11.3. The van der Waals surface area contributed by atoms with Crippen molar-refractivity contribution in [1.29, 1.82) is 0 Å². The van der Waals surface area contributed by atoms with E-state index in [-0.39, 0.29) is 5.97 Å². The number of ether oxygens (including phenoxy) is 1. The van der Waals surface area contributed by atoms with Crippen LogP contribution in [0.2, 0.25) is 0 Å². The van der Waals surface area contributed by atoms with Crippen LogP contribution >= 0.6 is 0 Å². The molecule has 5 heteroatoms. The van der Waals surface area contributed by atoms with Gasteiger partial charge in [0.2, 0.25) is 0 Å². The van der Waals surface area contributed by atoms with Gasteiger partial charge in [0.1, 0.15) is 0 Å². The third-order valence-electron chi connectivity index (χ3n) is 5.88. The Bertz CT molecular complexity index is 780. The molecule has 0 radical (unpaired) electrons. The van der Waals surface area contributed by atoms with Gasteiger partial charge in [-0.3, -0.25) is 14.4 Å². The third-order valence-corrected chi connectivity index (χ3v) is 5.88. The van der Waals surface area contributed by atoms with Crippen LogP contribution in [0.3, 0.4) is 0 Å². The van der Waals surface area contributed by atoms with E-state index in [1.54, 1.807) is 0 Å². The van der Waals surface area contributed by atoms with Crippen LogP contribution in [-0.4, -0.2) is 40.8 Å². The second-order valence-electron chi connectivity index (χ2n) is 7.53. The summed E-state index contributed by atoms with van der Waals surface area (Å²) >= 11 is 0. The minimum atomic E-state index is -0.151. The highest BCUT2D eigenvalue weighted by Crippen LogP contribution is 2.32. The number of hydrogen-bond donors (Lipinski definition) is 0. The molecule has 1 aromatic carbocycles. The molecule has 146 valence electrons. The molecule has 0 N–H and O–H groups in total. The van der Waals surface area contributed by atoms with Crippen LogP contribution in [0, 0.1) is 13.8 Å². The van der Waals surface area contributed by atoms with Gasteiger partial charge in [-0.1, -0.05) is 24.3 Å². The molecule has 0 saturated carbocycles. The number of aromatic nitrogens is 2. The molecule has 1 atom stereocenters. The average Bonchev–Trinajstić information content (AvgIpc) is 3.23. The monoisotopic (exact) mass is 369 g/mol. The molecule has 1 aromatic heterocycles. The Balaban J connectivity index is 1.61. The predicted octanol–water partition coefficient (Wildman–Crippen LogP) is 3.52. The highest BCUT2D eigenvalue weighted by molar-refractivity contribution is 5.69.